The first kappa shape index (κ1) is 23.1. The molecule has 0 saturated heterocycles. The van der Waals surface area contributed by atoms with Crippen LogP contribution in [0.1, 0.15) is 57.6 Å². The SMILES string of the molecule is CCC(C)c1nc2c3cccnc3c3cc(-c4cc5ccc(-c6cnc(C(C)C)[nH]6)cc5s4)ccc3c2[nH]1. The maximum Gasteiger partial charge on any atom is 0.110 e. The molecule has 38 heavy (non-hydrogen) atoms. The number of benzene rings is 3. The van der Waals surface area contributed by atoms with Crippen LogP contribution in [0, 0.1) is 0 Å². The van der Waals surface area contributed by atoms with Gasteiger partial charge in [-0.05, 0) is 47.7 Å². The standard InChI is InChI=1S/C32H29N5S/c1-5-18(4)32-36-29-22-11-10-20(13-24(22)28-23(30(29)37-32)7-6-12-33-28)27-15-21-9-8-19(14-26(21)38-27)25-16-34-31(35-25)17(2)3/h6-18H,5H2,1-4H3,(H,34,35)(H,36,37). The van der Waals surface area contributed by atoms with E-state index in [1.165, 1.54) is 25.9 Å². The zero-order chi connectivity index (χ0) is 26.0. The number of nitrogens with zero attached hydrogens (tertiary/aromatic N) is 3. The molecule has 0 aliphatic carbocycles. The highest BCUT2D eigenvalue weighted by molar-refractivity contribution is 7.22. The van der Waals surface area contributed by atoms with Crippen molar-refractivity contribution in [2.45, 2.75) is 46.0 Å². The van der Waals surface area contributed by atoms with Crippen LogP contribution in [0.15, 0.2) is 67.0 Å². The van der Waals surface area contributed by atoms with Gasteiger partial charge in [-0.3, -0.25) is 4.98 Å². The summed E-state index contributed by atoms with van der Waals surface area (Å²) in [6, 6.07) is 19.8. The van der Waals surface area contributed by atoms with Gasteiger partial charge in [0.05, 0.1) is 28.4 Å². The molecule has 3 aromatic carbocycles. The summed E-state index contributed by atoms with van der Waals surface area (Å²) in [4.78, 5) is 22.8. The summed E-state index contributed by atoms with van der Waals surface area (Å²) < 4.78 is 1.27. The molecule has 1 atom stereocenters. The number of imidazole rings is 2. The van der Waals surface area contributed by atoms with Gasteiger partial charge in [0, 0.05) is 49.3 Å². The Bertz CT molecular complexity index is 1970. The molecule has 0 spiro atoms. The summed E-state index contributed by atoms with van der Waals surface area (Å²) in [5.41, 5.74) is 6.55. The van der Waals surface area contributed by atoms with Crippen molar-refractivity contribution in [2.75, 3.05) is 0 Å². The fourth-order valence-electron chi connectivity index (χ4n) is 5.25. The van der Waals surface area contributed by atoms with Crippen molar-refractivity contribution in [1.29, 1.82) is 0 Å². The van der Waals surface area contributed by atoms with E-state index < -0.39 is 0 Å². The molecule has 2 N–H and O–H groups in total. The molecule has 7 aromatic rings. The van der Waals surface area contributed by atoms with Crippen LogP contribution in [0.3, 0.4) is 0 Å². The minimum Gasteiger partial charge on any atom is -0.342 e. The highest BCUT2D eigenvalue weighted by Crippen LogP contribution is 2.40. The van der Waals surface area contributed by atoms with Gasteiger partial charge in [0.1, 0.15) is 11.6 Å². The third kappa shape index (κ3) is 3.63. The first-order chi connectivity index (χ1) is 18.5. The van der Waals surface area contributed by atoms with Crippen molar-refractivity contribution in [3.8, 4) is 21.7 Å². The number of aromatic amines is 2. The van der Waals surface area contributed by atoms with Gasteiger partial charge in [-0.2, -0.15) is 0 Å². The van der Waals surface area contributed by atoms with E-state index in [0.29, 0.717) is 11.8 Å². The van der Waals surface area contributed by atoms with Crippen molar-refractivity contribution in [3.05, 3.63) is 78.6 Å². The highest BCUT2D eigenvalue weighted by Gasteiger charge is 2.17. The maximum atomic E-state index is 5.01. The zero-order valence-corrected chi connectivity index (χ0v) is 22.8. The Morgan fingerprint density at radius 1 is 0.816 bits per heavy atom. The topological polar surface area (TPSA) is 70.2 Å². The lowest BCUT2D eigenvalue weighted by atomic mass is 10.0. The van der Waals surface area contributed by atoms with E-state index in [1.54, 1.807) is 0 Å². The quantitative estimate of drug-likeness (QED) is 0.225. The number of nitrogens with one attached hydrogen (secondary N) is 2. The summed E-state index contributed by atoms with van der Waals surface area (Å²) in [6.07, 6.45) is 4.87. The fraction of sp³-hybridized carbons (Fsp3) is 0.219. The number of hydrogen-bond acceptors (Lipinski definition) is 4. The van der Waals surface area contributed by atoms with Gasteiger partial charge in [0.25, 0.3) is 0 Å². The van der Waals surface area contributed by atoms with Crippen LogP contribution in [0.5, 0.6) is 0 Å². The van der Waals surface area contributed by atoms with Crippen LogP contribution in [0.4, 0.5) is 0 Å². The Balaban J connectivity index is 1.37. The molecular formula is C32H29N5S. The van der Waals surface area contributed by atoms with Gasteiger partial charge >= 0.3 is 0 Å². The summed E-state index contributed by atoms with van der Waals surface area (Å²) in [5.74, 6) is 2.82. The molecule has 0 fully saturated rings. The van der Waals surface area contributed by atoms with Crippen LogP contribution >= 0.6 is 11.3 Å². The van der Waals surface area contributed by atoms with Crippen molar-refractivity contribution in [1.82, 2.24) is 24.9 Å². The van der Waals surface area contributed by atoms with E-state index in [9.17, 15) is 0 Å². The smallest absolute Gasteiger partial charge is 0.110 e. The van der Waals surface area contributed by atoms with E-state index in [0.717, 1.165) is 56.6 Å². The number of thiophene rings is 1. The Morgan fingerprint density at radius 3 is 2.50 bits per heavy atom. The second-order valence-corrected chi connectivity index (χ2v) is 11.6. The van der Waals surface area contributed by atoms with Gasteiger partial charge in [-0.15, -0.1) is 11.3 Å². The number of fused-ring (bicyclic) bond motifs is 7. The van der Waals surface area contributed by atoms with Gasteiger partial charge < -0.3 is 9.97 Å². The predicted octanol–water partition coefficient (Wildman–Crippen LogP) is 9.17. The molecule has 0 bridgehead atoms. The van der Waals surface area contributed by atoms with Crippen molar-refractivity contribution < 1.29 is 0 Å². The van der Waals surface area contributed by atoms with Crippen LogP contribution in [0.2, 0.25) is 0 Å². The van der Waals surface area contributed by atoms with Crippen LogP contribution in [-0.4, -0.2) is 24.9 Å². The molecule has 1 unspecified atom stereocenters. The fourth-order valence-corrected chi connectivity index (χ4v) is 6.35. The zero-order valence-electron chi connectivity index (χ0n) is 22.0. The Hall–Kier alpha value is -4.03. The van der Waals surface area contributed by atoms with E-state index in [4.69, 9.17) is 9.97 Å². The number of rotatable bonds is 5. The Labute approximate surface area is 225 Å². The predicted molar refractivity (Wildman–Crippen MR) is 160 cm³/mol. The molecule has 6 heteroatoms. The van der Waals surface area contributed by atoms with E-state index in [2.05, 4.69) is 91.2 Å². The van der Waals surface area contributed by atoms with Gasteiger partial charge in [-0.1, -0.05) is 52.0 Å². The van der Waals surface area contributed by atoms with E-state index in [-0.39, 0.29) is 0 Å². The molecule has 0 aliphatic heterocycles. The lowest BCUT2D eigenvalue weighted by molar-refractivity contribution is 0.692. The number of H-pyrrole nitrogens is 2. The maximum absolute atomic E-state index is 5.01. The second kappa shape index (κ2) is 8.77. The van der Waals surface area contributed by atoms with Gasteiger partial charge in [0.15, 0.2) is 0 Å². The molecule has 4 aromatic heterocycles. The average molecular weight is 516 g/mol. The number of hydrogen-bond donors (Lipinski definition) is 2. The molecule has 188 valence electrons. The third-order valence-corrected chi connectivity index (χ3v) is 8.81. The normalized spacial score (nSPS) is 13.0. The molecule has 0 radical (unpaired) electrons. The van der Waals surface area contributed by atoms with Crippen LogP contribution in [-0.2, 0) is 0 Å². The summed E-state index contributed by atoms with van der Waals surface area (Å²) in [7, 11) is 0. The minimum absolute atomic E-state index is 0.379. The molecule has 0 saturated carbocycles. The van der Waals surface area contributed by atoms with E-state index >= 15 is 0 Å². The first-order valence-corrected chi connectivity index (χ1v) is 14.1. The van der Waals surface area contributed by atoms with Gasteiger partial charge in [-0.25, -0.2) is 9.97 Å². The largest absolute Gasteiger partial charge is 0.342 e. The molecule has 0 aliphatic rings. The highest BCUT2D eigenvalue weighted by atomic mass is 32.1. The summed E-state index contributed by atoms with van der Waals surface area (Å²) in [6.45, 7) is 8.73. The van der Waals surface area contributed by atoms with Gasteiger partial charge in [0.2, 0.25) is 0 Å². The molecule has 5 nitrogen and oxygen atoms in total. The molecule has 0 amide bonds. The summed E-state index contributed by atoms with van der Waals surface area (Å²) in [5, 5.41) is 4.67. The van der Waals surface area contributed by atoms with Crippen molar-refractivity contribution in [3.63, 3.8) is 0 Å². The minimum atomic E-state index is 0.379. The Kier molecular flexibility index (Phi) is 5.34. The summed E-state index contributed by atoms with van der Waals surface area (Å²) >= 11 is 1.83. The lowest BCUT2D eigenvalue weighted by Crippen LogP contribution is -1.93. The average Bonchev–Trinajstić information content (AvgIpc) is 3.70. The third-order valence-electron chi connectivity index (χ3n) is 7.67. The molecule has 4 heterocycles. The molecule has 7 rings (SSSR count). The lowest BCUT2D eigenvalue weighted by Gasteiger charge is -2.07. The van der Waals surface area contributed by atoms with E-state index in [1.807, 2.05) is 29.8 Å². The Morgan fingerprint density at radius 2 is 1.68 bits per heavy atom. The number of aromatic nitrogens is 5. The first-order valence-electron chi connectivity index (χ1n) is 13.3. The molecular weight excluding hydrogens is 486 g/mol. The van der Waals surface area contributed by atoms with Crippen molar-refractivity contribution >= 4 is 54.1 Å². The van der Waals surface area contributed by atoms with Crippen LogP contribution in [0.25, 0.3) is 64.5 Å². The van der Waals surface area contributed by atoms with Crippen LogP contribution < -0.4 is 0 Å². The van der Waals surface area contributed by atoms with Crippen molar-refractivity contribution in [2.24, 2.45) is 0 Å². The monoisotopic (exact) mass is 515 g/mol. The number of pyridine rings is 1. The second-order valence-electron chi connectivity index (χ2n) is 10.5.